The van der Waals surface area contributed by atoms with Gasteiger partial charge in [-0.05, 0) is 42.7 Å². The molecule has 0 saturated heterocycles. The normalized spacial score (nSPS) is 10.8. The molecule has 2 aromatic carbocycles. The highest BCUT2D eigenvalue weighted by Crippen LogP contribution is 2.26. The van der Waals surface area contributed by atoms with Crippen molar-refractivity contribution < 1.29 is 4.79 Å². The molecule has 0 atom stereocenters. The molecule has 0 amide bonds. The number of nitrogens with zero attached hydrogens (tertiary/aromatic N) is 2. The fourth-order valence-corrected chi connectivity index (χ4v) is 2.56. The van der Waals surface area contributed by atoms with Crippen LogP contribution < -0.4 is 5.73 Å². The van der Waals surface area contributed by atoms with E-state index in [0.29, 0.717) is 0 Å². The zero-order valence-electron chi connectivity index (χ0n) is 13.8. The van der Waals surface area contributed by atoms with Gasteiger partial charge in [0.2, 0.25) is 5.91 Å². The molecule has 4 nitrogen and oxygen atoms in total. The number of benzene rings is 2. The minimum absolute atomic E-state index is 0. The van der Waals surface area contributed by atoms with Gasteiger partial charge in [0, 0.05) is 17.8 Å². The van der Waals surface area contributed by atoms with E-state index < -0.39 is 0 Å². The summed E-state index contributed by atoms with van der Waals surface area (Å²) < 4.78 is 1.42. The number of carbonyl (C=O) groups excluding carboxylic acids is 1. The Morgan fingerprint density at radius 1 is 1.04 bits per heavy atom. The van der Waals surface area contributed by atoms with Crippen LogP contribution >= 0.6 is 24.8 Å². The zero-order valence-corrected chi connectivity index (χ0v) is 15.4. The lowest BCUT2D eigenvalue weighted by Crippen LogP contribution is -2.28. The summed E-state index contributed by atoms with van der Waals surface area (Å²) in [6, 6.07) is 14.2. The lowest BCUT2D eigenvalue weighted by molar-refractivity contribution is 0.0927. The van der Waals surface area contributed by atoms with Crippen molar-refractivity contribution in [2.45, 2.75) is 26.3 Å². The molecular formula is C18H21Cl2N3O. The van der Waals surface area contributed by atoms with Crippen molar-refractivity contribution in [2.75, 3.05) is 0 Å². The van der Waals surface area contributed by atoms with Crippen molar-refractivity contribution in [1.29, 1.82) is 0 Å². The topological polar surface area (TPSA) is 60.9 Å². The quantitative estimate of drug-likeness (QED) is 0.731. The van der Waals surface area contributed by atoms with E-state index in [1.165, 1.54) is 11.6 Å². The Kier molecular flexibility index (Phi) is 6.17. The Balaban J connectivity index is 0.00000144. The lowest BCUT2D eigenvalue weighted by Gasteiger charge is -2.19. The number of nitrogens with two attached hydrogens (primary N) is 1. The van der Waals surface area contributed by atoms with E-state index in [0.717, 1.165) is 27.6 Å². The number of aromatic nitrogens is 2. The van der Waals surface area contributed by atoms with Crippen molar-refractivity contribution in [2.24, 2.45) is 5.73 Å². The SMILES string of the molecule is CC(=O)n1ncc2cc(-c3ccc(C(C)(C)N)cc3)ccc21.Cl.Cl. The molecule has 0 aliphatic carbocycles. The molecule has 0 bridgehead atoms. The maximum atomic E-state index is 11.5. The summed E-state index contributed by atoms with van der Waals surface area (Å²) in [5.41, 5.74) is 9.90. The Hall–Kier alpha value is -1.88. The van der Waals surface area contributed by atoms with Gasteiger partial charge < -0.3 is 5.73 Å². The number of rotatable bonds is 2. The number of fused-ring (bicyclic) bond motifs is 1. The first-order valence-corrected chi connectivity index (χ1v) is 7.25. The minimum atomic E-state index is -0.342. The molecule has 0 aliphatic heterocycles. The van der Waals surface area contributed by atoms with E-state index in [1.54, 1.807) is 6.20 Å². The highest BCUT2D eigenvalue weighted by Gasteiger charge is 2.14. The Bertz CT molecular complexity index is 849. The van der Waals surface area contributed by atoms with Crippen LogP contribution in [0.5, 0.6) is 0 Å². The lowest BCUT2D eigenvalue weighted by atomic mass is 9.93. The number of hydrogen-bond donors (Lipinski definition) is 1. The highest BCUT2D eigenvalue weighted by molar-refractivity contribution is 5.92. The van der Waals surface area contributed by atoms with E-state index in [4.69, 9.17) is 5.73 Å². The van der Waals surface area contributed by atoms with Gasteiger partial charge in [0.15, 0.2) is 0 Å². The molecule has 0 aliphatic rings. The zero-order chi connectivity index (χ0) is 15.9. The second-order valence-electron chi connectivity index (χ2n) is 6.15. The molecule has 128 valence electrons. The van der Waals surface area contributed by atoms with Gasteiger partial charge in [-0.3, -0.25) is 4.79 Å². The highest BCUT2D eigenvalue weighted by atomic mass is 35.5. The van der Waals surface area contributed by atoms with E-state index in [-0.39, 0.29) is 36.3 Å². The van der Waals surface area contributed by atoms with Crippen LogP contribution in [0.4, 0.5) is 0 Å². The molecule has 1 aromatic heterocycles. The maximum absolute atomic E-state index is 11.5. The summed E-state index contributed by atoms with van der Waals surface area (Å²) in [7, 11) is 0. The molecule has 0 unspecified atom stereocenters. The van der Waals surface area contributed by atoms with Crippen LogP contribution in [0.25, 0.3) is 22.0 Å². The second-order valence-corrected chi connectivity index (χ2v) is 6.15. The fourth-order valence-electron chi connectivity index (χ4n) is 2.56. The fraction of sp³-hybridized carbons (Fsp3) is 0.222. The monoisotopic (exact) mass is 365 g/mol. The van der Waals surface area contributed by atoms with Gasteiger partial charge in [-0.1, -0.05) is 30.3 Å². The van der Waals surface area contributed by atoms with Crippen molar-refractivity contribution in [1.82, 2.24) is 9.78 Å². The Morgan fingerprint density at radius 2 is 1.62 bits per heavy atom. The van der Waals surface area contributed by atoms with Crippen LogP contribution in [0.2, 0.25) is 0 Å². The van der Waals surface area contributed by atoms with Gasteiger partial charge in [-0.2, -0.15) is 5.10 Å². The van der Waals surface area contributed by atoms with Crippen LogP contribution in [0.1, 0.15) is 31.1 Å². The minimum Gasteiger partial charge on any atom is -0.322 e. The molecule has 0 saturated carbocycles. The smallest absolute Gasteiger partial charge is 0.244 e. The van der Waals surface area contributed by atoms with E-state index >= 15 is 0 Å². The van der Waals surface area contributed by atoms with Crippen LogP contribution in [0, 0.1) is 0 Å². The molecule has 6 heteroatoms. The van der Waals surface area contributed by atoms with Crippen LogP contribution in [-0.4, -0.2) is 15.7 Å². The van der Waals surface area contributed by atoms with Gasteiger partial charge in [-0.15, -0.1) is 24.8 Å². The number of carbonyl (C=O) groups is 1. The standard InChI is InChI=1S/C18H19N3O.2ClH/c1-12(22)21-17-9-6-14(10-15(17)11-20-21)13-4-7-16(8-5-13)18(2,3)19;;/h4-11H,19H2,1-3H3;2*1H. The molecule has 3 aromatic rings. The van der Waals surface area contributed by atoms with E-state index in [9.17, 15) is 4.79 Å². The van der Waals surface area contributed by atoms with Gasteiger partial charge in [0.05, 0.1) is 11.7 Å². The summed E-state index contributed by atoms with van der Waals surface area (Å²) in [4.78, 5) is 11.5. The van der Waals surface area contributed by atoms with Crippen LogP contribution in [0.15, 0.2) is 48.7 Å². The molecule has 0 radical (unpaired) electrons. The van der Waals surface area contributed by atoms with E-state index in [1.807, 2.05) is 32.0 Å². The first-order chi connectivity index (χ1) is 10.4. The van der Waals surface area contributed by atoms with Crippen LogP contribution in [-0.2, 0) is 5.54 Å². The summed E-state index contributed by atoms with van der Waals surface area (Å²) >= 11 is 0. The summed E-state index contributed by atoms with van der Waals surface area (Å²) in [6.45, 7) is 5.49. The molecular weight excluding hydrogens is 345 g/mol. The third-order valence-electron chi connectivity index (χ3n) is 3.83. The Morgan fingerprint density at radius 3 is 2.17 bits per heavy atom. The van der Waals surface area contributed by atoms with Crippen molar-refractivity contribution in [3.8, 4) is 11.1 Å². The Labute approximate surface area is 153 Å². The molecule has 2 N–H and O–H groups in total. The van der Waals surface area contributed by atoms with Gasteiger partial charge in [0.1, 0.15) is 0 Å². The molecule has 3 rings (SSSR count). The molecule has 24 heavy (non-hydrogen) atoms. The first kappa shape index (κ1) is 20.2. The summed E-state index contributed by atoms with van der Waals surface area (Å²) in [5, 5.41) is 5.08. The second kappa shape index (κ2) is 7.34. The van der Waals surface area contributed by atoms with Gasteiger partial charge >= 0.3 is 0 Å². The molecule has 0 spiro atoms. The van der Waals surface area contributed by atoms with Crippen LogP contribution in [0.3, 0.4) is 0 Å². The average molecular weight is 366 g/mol. The third-order valence-corrected chi connectivity index (χ3v) is 3.83. The molecule has 0 fully saturated rings. The maximum Gasteiger partial charge on any atom is 0.244 e. The summed E-state index contributed by atoms with van der Waals surface area (Å²) in [5.74, 6) is -0.0859. The van der Waals surface area contributed by atoms with E-state index in [2.05, 4.69) is 29.4 Å². The predicted octanol–water partition coefficient (Wildman–Crippen LogP) is 4.40. The van der Waals surface area contributed by atoms with Crippen molar-refractivity contribution in [3.63, 3.8) is 0 Å². The van der Waals surface area contributed by atoms with Crippen molar-refractivity contribution in [3.05, 3.63) is 54.2 Å². The van der Waals surface area contributed by atoms with Gasteiger partial charge in [-0.25, -0.2) is 4.68 Å². The average Bonchev–Trinajstić information content (AvgIpc) is 2.89. The summed E-state index contributed by atoms with van der Waals surface area (Å²) in [6.07, 6.45) is 1.72. The number of hydrogen-bond acceptors (Lipinski definition) is 3. The van der Waals surface area contributed by atoms with Crippen molar-refractivity contribution >= 4 is 41.6 Å². The third kappa shape index (κ3) is 3.78. The predicted molar refractivity (Wildman–Crippen MR) is 103 cm³/mol. The number of halogens is 2. The van der Waals surface area contributed by atoms with Gasteiger partial charge in [0.25, 0.3) is 0 Å². The first-order valence-electron chi connectivity index (χ1n) is 7.25. The molecule has 1 heterocycles. The largest absolute Gasteiger partial charge is 0.322 e.